The summed E-state index contributed by atoms with van der Waals surface area (Å²) < 4.78 is 47.2. The van der Waals surface area contributed by atoms with Gasteiger partial charge in [-0.25, -0.2) is 4.99 Å². The third kappa shape index (κ3) is 4.65. The van der Waals surface area contributed by atoms with Gasteiger partial charge in [0.2, 0.25) is 0 Å². The number of hydrogen-bond donors (Lipinski definition) is 1. The summed E-state index contributed by atoms with van der Waals surface area (Å²) >= 11 is 0. The summed E-state index contributed by atoms with van der Waals surface area (Å²) in [6, 6.07) is 10.8. The van der Waals surface area contributed by atoms with E-state index in [9.17, 15) is 18.3 Å². The number of aliphatic hydroxyl groups is 1. The molecule has 0 amide bonds. The molecule has 0 aliphatic rings. The van der Waals surface area contributed by atoms with E-state index >= 15 is 0 Å². The van der Waals surface area contributed by atoms with Crippen molar-refractivity contribution in [3.05, 3.63) is 59.2 Å². The summed E-state index contributed by atoms with van der Waals surface area (Å²) in [5.41, 5.74) is -2.06. The Balaban J connectivity index is 2.57. The van der Waals surface area contributed by atoms with Crippen LogP contribution in [0.5, 0.6) is 5.75 Å². The van der Waals surface area contributed by atoms with Gasteiger partial charge in [0.25, 0.3) is 0 Å². The summed E-state index contributed by atoms with van der Waals surface area (Å²) in [4.78, 5) is 6.15. The Kier molecular flexibility index (Phi) is 6.72. The average Bonchev–Trinajstić information content (AvgIpc) is 2.66. The first kappa shape index (κ1) is 21.8. The van der Waals surface area contributed by atoms with E-state index in [4.69, 9.17) is 4.74 Å². The van der Waals surface area contributed by atoms with Gasteiger partial charge in [0.15, 0.2) is 5.60 Å². The van der Waals surface area contributed by atoms with Crippen LogP contribution in [0, 0.1) is 6.92 Å². The standard InChI is InChI=1S/C21H25F3N2O2/c1-5-26(3)14-25-18-12-19(28-4)17(11-15(18)2)20(27,21(22,23)24)13-16-9-7-6-8-10-16/h6-12,14,27H,5,13H2,1-4H3. The van der Waals surface area contributed by atoms with Crippen LogP contribution >= 0.6 is 0 Å². The van der Waals surface area contributed by atoms with Crippen LogP contribution in [-0.2, 0) is 12.0 Å². The van der Waals surface area contributed by atoms with Gasteiger partial charge in [-0.2, -0.15) is 13.2 Å². The van der Waals surface area contributed by atoms with Crippen LogP contribution in [0.1, 0.15) is 23.6 Å². The molecule has 0 aromatic heterocycles. The minimum absolute atomic E-state index is 0.0624. The molecule has 0 spiro atoms. The Morgan fingerprint density at radius 2 is 1.82 bits per heavy atom. The molecule has 2 aromatic carbocycles. The third-order valence-electron chi connectivity index (χ3n) is 4.63. The second-order valence-corrected chi connectivity index (χ2v) is 6.68. The molecule has 0 bridgehead atoms. The molecule has 0 saturated carbocycles. The van der Waals surface area contributed by atoms with Crippen LogP contribution in [0.15, 0.2) is 47.5 Å². The van der Waals surface area contributed by atoms with Gasteiger partial charge in [0.05, 0.1) is 19.1 Å². The van der Waals surface area contributed by atoms with E-state index in [1.54, 1.807) is 43.6 Å². The monoisotopic (exact) mass is 394 g/mol. The largest absolute Gasteiger partial charge is 0.496 e. The summed E-state index contributed by atoms with van der Waals surface area (Å²) in [6.45, 7) is 4.35. The molecule has 2 aromatic rings. The van der Waals surface area contributed by atoms with Crippen LogP contribution < -0.4 is 4.74 Å². The molecular weight excluding hydrogens is 369 g/mol. The van der Waals surface area contributed by atoms with E-state index in [1.165, 1.54) is 19.2 Å². The number of halogens is 3. The molecule has 4 nitrogen and oxygen atoms in total. The summed E-state index contributed by atoms with van der Waals surface area (Å²) in [5.74, 6) is -0.0624. The minimum Gasteiger partial charge on any atom is -0.496 e. The quantitative estimate of drug-likeness (QED) is 0.551. The number of aliphatic imine (C=N–C) groups is 1. The highest BCUT2D eigenvalue weighted by atomic mass is 19.4. The summed E-state index contributed by atoms with van der Waals surface area (Å²) in [6.07, 6.45) is -3.91. The summed E-state index contributed by atoms with van der Waals surface area (Å²) in [5, 5.41) is 10.8. The second kappa shape index (κ2) is 8.65. The maximum absolute atomic E-state index is 14.0. The van der Waals surface area contributed by atoms with Crippen molar-refractivity contribution in [1.29, 1.82) is 0 Å². The van der Waals surface area contributed by atoms with Gasteiger partial charge in [-0.15, -0.1) is 0 Å². The molecule has 1 N–H and O–H groups in total. The van der Waals surface area contributed by atoms with Crippen LogP contribution in [-0.4, -0.2) is 43.2 Å². The molecule has 0 radical (unpaired) electrons. The molecular formula is C21H25F3N2O2. The number of hydrogen-bond acceptors (Lipinski definition) is 3. The molecule has 0 fully saturated rings. The van der Waals surface area contributed by atoms with Crippen LogP contribution in [0.3, 0.4) is 0 Å². The minimum atomic E-state index is -4.89. The van der Waals surface area contributed by atoms with Crippen molar-refractivity contribution < 1.29 is 23.0 Å². The van der Waals surface area contributed by atoms with E-state index in [2.05, 4.69) is 4.99 Å². The van der Waals surface area contributed by atoms with Crippen LogP contribution in [0.2, 0.25) is 0 Å². The van der Waals surface area contributed by atoms with Gasteiger partial charge < -0.3 is 14.7 Å². The van der Waals surface area contributed by atoms with Crippen molar-refractivity contribution in [1.82, 2.24) is 4.90 Å². The first-order valence-corrected chi connectivity index (χ1v) is 8.89. The van der Waals surface area contributed by atoms with Gasteiger partial charge in [-0.05, 0) is 31.0 Å². The SMILES string of the molecule is CCN(C)C=Nc1cc(OC)c(C(O)(Cc2ccccc2)C(F)(F)F)cc1C. The zero-order chi connectivity index (χ0) is 20.9. The third-order valence-corrected chi connectivity index (χ3v) is 4.63. The molecule has 0 aliphatic heterocycles. The Bertz CT molecular complexity index is 822. The first-order chi connectivity index (χ1) is 13.1. The number of aryl methyl sites for hydroxylation is 1. The first-order valence-electron chi connectivity index (χ1n) is 8.89. The maximum atomic E-state index is 14.0. The van der Waals surface area contributed by atoms with Gasteiger partial charge >= 0.3 is 6.18 Å². The number of benzene rings is 2. The number of nitrogens with zero attached hydrogens (tertiary/aromatic N) is 2. The highest BCUT2D eigenvalue weighted by Crippen LogP contribution is 2.46. The Labute approximate surface area is 163 Å². The lowest BCUT2D eigenvalue weighted by molar-refractivity contribution is -0.266. The lowest BCUT2D eigenvalue weighted by Crippen LogP contribution is -2.44. The van der Waals surface area contributed by atoms with Crippen molar-refractivity contribution >= 4 is 12.0 Å². The lowest BCUT2D eigenvalue weighted by Gasteiger charge is -2.32. The molecule has 152 valence electrons. The average molecular weight is 394 g/mol. The number of methoxy groups -OCH3 is 1. The van der Waals surface area contributed by atoms with Crippen molar-refractivity contribution in [3.63, 3.8) is 0 Å². The number of ether oxygens (including phenoxy) is 1. The van der Waals surface area contributed by atoms with Crippen molar-refractivity contribution in [2.45, 2.75) is 32.0 Å². The molecule has 28 heavy (non-hydrogen) atoms. The normalized spacial score (nSPS) is 14.1. The molecule has 0 saturated heterocycles. The van der Waals surface area contributed by atoms with E-state index in [0.717, 1.165) is 6.54 Å². The highest BCUT2D eigenvalue weighted by Gasteiger charge is 2.56. The predicted octanol–water partition coefficient (Wildman–Crippen LogP) is 4.61. The van der Waals surface area contributed by atoms with Crippen molar-refractivity contribution in [3.8, 4) is 5.75 Å². The van der Waals surface area contributed by atoms with Crippen molar-refractivity contribution in [2.24, 2.45) is 4.99 Å². The number of rotatable bonds is 7. The highest BCUT2D eigenvalue weighted by molar-refractivity contribution is 5.65. The predicted molar refractivity (Wildman–Crippen MR) is 104 cm³/mol. The maximum Gasteiger partial charge on any atom is 0.421 e. The topological polar surface area (TPSA) is 45.1 Å². The molecule has 1 unspecified atom stereocenters. The van der Waals surface area contributed by atoms with Gasteiger partial charge in [-0.3, -0.25) is 0 Å². The van der Waals surface area contributed by atoms with Crippen LogP contribution in [0.25, 0.3) is 0 Å². The molecule has 7 heteroatoms. The van der Waals surface area contributed by atoms with Crippen LogP contribution in [0.4, 0.5) is 18.9 Å². The molecule has 1 atom stereocenters. The van der Waals surface area contributed by atoms with E-state index in [-0.39, 0.29) is 11.3 Å². The molecule has 0 aliphatic carbocycles. The fourth-order valence-corrected chi connectivity index (χ4v) is 2.79. The Morgan fingerprint density at radius 3 is 2.36 bits per heavy atom. The van der Waals surface area contributed by atoms with E-state index < -0.39 is 18.2 Å². The fraction of sp³-hybridized carbons (Fsp3) is 0.381. The Morgan fingerprint density at radius 1 is 1.18 bits per heavy atom. The van der Waals surface area contributed by atoms with E-state index in [1.807, 2.05) is 18.9 Å². The fourth-order valence-electron chi connectivity index (χ4n) is 2.79. The second-order valence-electron chi connectivity index (χ2n) is 6.68. The smallest absolute Gasteiger partial charge is 0.421 e. The summed E-state index contributed by atoms with van der Waals surface area (Å²) in [7, 11) is 3.12. The molecule has 0 heterocycles. The van der Waals surface area contributed by atoms with Gasteiger partial charge in [0.1, 0.15) is 5.75 Å². The van der Waals surface area contributed by atoms with Gasteiger partial charge in [-0.1, -0.05) is 30.3 Å². The number of alkyl halides is 3. The zero-order valence-electron chi connectivity index (χ0n) is 16.4. The van der Waals surface area contributed by atoms with Gasteiger partial charge in [0, 0.05) is 31.6 Å². The molecule has 2 rings (SSSR count). The van der Waals surface area contributed by atoms with Crippen molar-refractivity contribution in [2.75, 3.05) is 20.7 Å². The Hall–Kier alpha value is -2.54. The lowest BCUT2D eigenvalue weighted by atomic mass is 9.85. The zero-order valence-corrected chi connectivity index (χ0v) is 16.4. The van der Waals surface area contributed by atoms with E-state index in [0.29, 0.717) is 16.8 Å².